The van der Waals surface area contributed by atoms with Crippen LogP contribution in [0.5, 0.6) is 0 Å². The molecule has 4 heteroatoms. The molecule has 0 spiro atoms. The molecule has 1 nitrogen and oxygen atoms in total. The molecule has 0 saturated heterocycles. The van der Waals surface area contributed by atoms with E-state index in [1.165, 1.54) is 6.07 Å². The van der Waals surface area contributed by atoms with Crippen LogP contribution >= 0.6 is 27.7 Å². The van der Waals surface area contributed by atoms with Crippen LogP contribution in [-0.2, 0) is 0 Å². The summed E-state index contributed by atoms with van der Waals surface area (Å²) in [6, 6.07) is 5.27. The van der Waals surface area contributed by atoms with Gasteiger partial charge in [-0.15, -0.1) is 0 Å². The van der Waals surface area contributed by atoms with E-state index in [0.29, 0.717) is 5.92 Å². The van der Waals surface area contributed by atoms with E-state index in [-0.39, 0.29) is 11.9 Å². The van der Waals surface area contributed by atoms with Gasteiger partial charge in [0.1, 0.15) is 5.82 Å². The molecule has 2 unspecified atom stereocenters. The highest BCUT2D eigenvalue weighted by atomic mass is 79.9. The van der Waals surface area contributed by atoms with Gasteiger partial charge in [-0.2, -0.15) is 11.8 Å². The highest BCUT2D eigenvalue weighted by molar-refractivity contribution is 9.10. The Bertz CT molecular complexity index is 359. The second-order valence-corrected chi connectivity index (χ2v) is 6.18. The average molecular weight is 320 g/mol. The smallest absolute Gasteiger partial charge is 0.129 e. The second kappa shape index (κ2) is 7.39. The third-order valence-corrected chi connectivity index (χ3v) is 4.05. The molecule has 0 aliphatic carbocycles. The van der Waals surface area contributed by atoms with Gasteiger partial charge in [0.05, 0.1) is 0 Å². The minimum atomic E-state index is -0.156. The number of nitrogens with one attached hydrogen (secondary N) is 1. The summed E-state index contributed by atoms with van der Waals surface area (Å²) in [6.45, 7) is 5.11. The minimum Gasteiger partial charge on any atom is -0.310 e. The van der Waals surface area contributed by atoms with Crippen LogP contribution in [0.2, 0.25) is 0 Å². The maximum Gasteiger partial charge on any atom is 0.129 e. The molecule has 1 aromatic rings. The van der Waals surface area contributed by atoms with Crippen LogP contribution in [-0.4, -0.2) is 18.6 Å². The first-order chi connectivity index (χ1) is 8.04. The van der Waals surface area contributed by atoms with Crippen LogP contribution in [0.25, 0.3) is 0 Å². The standard InChI is InChI=1S/C13H19BrFNS/c1-9(8-17-3)7-16-10(2)12-5-4-11(14)6-13(12)15/h4-6,9-10,16H,7-8H2,1-3H3. The fourth-order valence-corrected chi connectivity index (χ4v) is 2.70. The lowest BCUT2D eigenvalue weighted by Gasteiger charge is -2.18. The van der Waals surface area contributed by atoms with Crippen molar-refractivity contribution in [3.8, 4) is 0 Å². The van der Waals surface area contributed by atoms with Crippen molar-refractivity contribution in [1.29, 1.82) is 0 Å². The number of hydrogen-bond acceptors (Lipinski definition) is 2. The van der Waals surface area contributed by atoms with Crippen molar-refractivity contribution in [2.75, 3.05) is 18.6 Å². The SMILES string of the molecule is CSCC(C)CNC(C)c1ccc(Br)cc1F. The van der Waals surface area contributed by atoms with Crippen molar-refractivity contribution >= 4 is 27.7 Å². The quantitative estimate of drug-likeness (QED) is 0.841. The molecule has 1 rings (SSSR count). The van der Waals surface area contributed by atoms with Gasteiger partial charge in [0.15, 0.2) is 0 Å². The molecule has 96 valence electrons. The van der Waals surface area contributed by atoms with Gasteiger partial charge in [0.25, 0.3) is 0 Å². The van der Waals surface area contributed by atoms with Crippen LogP contribution in [0.15, 0.2) is 22.7 Å². The number of halogens is 2. The van der Waals surface area contributed by atoms with Gasteiger partial charge in [-0.25, -0.2) is 4.39 Å². The van der Waals surface area contributed by atoms with E-state index in [1.54, 1.807) is 0 Å². The largest absolute Gasteiger partial charge is 0.310 e. The molecule has 0 heterocycles. The van der Waals surface area contributed by atoms with Crippen molar-refractivity contribution in [1.82, 2.24) is 5.32 Å². The molecular formula is C13H19BrFNS. The minimum absolute atomic E-state index is 0.0485. The second-order valence-electron chi connectivity index (χ2n) is 4.36. The fourth-order valence-electron chi connectivity index (χ4n) is 1.68. The summed E-state index contributed by atoms with van der Waals surface area (Å²) in [7, 11) is 0. The molecule has 0 aliphatic heterocycles. The summed E-state index contributed by atoms with van der Waals surface area (Å²) in [5.41, 5.74) is 0.726. The molecule has 0 aromatic heterocycles. The van der Waals surface area contributed by atoms with Crippen LogP contribution < -0.4 is 5.32 Å². The van der Waals surface area contributed by atoms with Gasteiger partial charge < -0.3 is 5.32 Å². The van der Waals surface area contributed by atoms with Gasteiger partial charge in [0.2, 0.25) is 0 Å². The van der Waals surface area contributed by atoms with Gasteiger partial charge in [-0.3, -0.25) is 0 Å². The predicted octanol–water partition coefficient (Wildman–Crippen LogP) is 4.24. The zero-order valence-electron chi connectivity index (χ0n) is 10.5. The van der Waals surface area contributed by atoms with Gasteiger partial charge in [-0.1, -0.05) is 28.9 Å². The maximum absolute atomic E-state index is 13.7. The third kappa shape index (κ3) is 4.98. The van der Waals surface area contributed by atoms with Crippen LogP contribution in [0.3, 0.4) is 0 Å². The Balaban J connectivity index is 2.54. The van der Waals surface area contributed by atoms with Crippen molar-refractivity contribution in [2.24, 2.45) is 5.92 Å². The molecular weight excluding hydrogens is 301 g/mol. The average Bonchev–Trinajstić information content (AvgIpc) is 2.26. The third-order valence-electron chi connectivity index (χ3n) is 2.65. The zero-order chi connectivity index (χ0) is 12.8. The lowest BCUT2D eigenvalue weighted by atomic mass is 10.1. The molecule has 0 amide bonds. The Labute approximate surface area is 116 Å². The summed E-state index contributed by atoms with van der Waals surface area (Å²) in [4.78, 5) is 0. The summed E-state index contributed by atoms with van der Waals surface area (Å²) in [5.74, 6) is 1.57. The summed E-state index contributed by atoms with van der Waals surface area (Å²) in [6.07, 6.45) is 2.11. The van der Waals surface area contributed by atoms with E-state index in [9.17, 15) is 4.39 Å². The number of rotatable bonds is 6. The molecule has 1 N–H and O–H groups in total. The normalized spacial score (nSPS) is 14.6. The summed E-state index contributed by atoms with van der Waals surface area (Å²) < 4.78 is 14.5. The highest BCUT2D eigenvalue weighted by Crippen LogP contribution is 2.21. The van der Waals surface area contributed by atoms with Crippen molar-refractivity contribution < 1.29 is 4.39 Å². The predicted molar refractivity (Wildman–Crippen MR) is 78.1 cm³/mol. The Morgan fingerprint density at radius 2 is 2.12 bits per heavy atom. The summed E-state index contributed by atoms with van der Waals surface area (Å²) in [5, 5.41) is 3.38. The van der Waals surface area contributed by atoms with Gasteiger partial charge in [0, 0.05) is 16.1 Å². The highest BCUT2D eigenvalue weighted by Gasteiger charge is 2.11. The van der Waals surface area contributed by atoms with E-state index >= 15 is 0 Å². The first kappa shape index (κ1) is 15.0. The van der Waals surface area contributed by atoms with Crippen LogP contribution in [0.1, 0.15) is 25.5 Å². The van der Waals surface area contributed by atoms with Crippen molar-refractivity contribution in [3.63, 3.8) is 0 Å². The molecule has 2 atom stereocenters. The molecule has 0 saturated carbocycles. The van der Waals surface area contributed by atoms with Crippen molar-refractivity contribution in [3.05, 3.63) is 34.1 Å². The molecule has 0 aliphatic rings. The van der Waals surface area contributed by atoms with Gasteiger partial charge in [-0.05, 0) is 43.5 Å². The number of hydrogen-bond donors (Lipinski definition) is 1. The number of benzene rings is 1. The van der Waals surface area contributed by atoms with Gasteiger partial charge >= 0.3 is 0 Å². The van der Waals surface area contributed by atoms with E-state index in [2.05, 4.69) is 34.4 Å². The first-order valence-electron chi connectivity index (χ1n) is 5.72. The molecule has 0 fully saturated rings. The van der Waals surface area contributed by atoms with Crippen LogP contribution in [0.4, 0.5) is 4.39 Å². The number of thioether (sulfide) groups is 1. The topological polar surface area (TPSA) is 12.0 Å². The van der Waals surface area contributed by atoms with E-state index in [4.69, 9.17) is 0 Å². The monoisotopic (exact) mass is 319 g/mol. The Kier molecular flexibility index (Phi) is 6.52. The van der Waals surface area contributed by atoms with Crippen molar-refractivity contribution in [2.45, 2.75) is 19.9 Å². The first-order valence-corrected chi connectivity index (χ1v) is 7.90. The maximum atomic E-state index is 13.7. The summed E-state index contributed by atoms with van der Waals surface area (Å²) >= 11 is 5.11. The zero-order valence-corrected chi connectivity index (χ0v) is 12.9. The lowest BCUT2D eigenvalue weighted by Crippen LogP contribution is -2.26. The Hall–Kier alpha value is -0.0600. The van der Waals surface area contributed by atoms with E-state index < -0.39 is 0 Å². The lowest BCUT2D eigenvalue weighted by molar-refractivity contribution is 0.482. The Morgan fingerprint density at radius 3 is 2.71 bits per heavy atom. The molecule has 0 radical (unpaired) electrons. The van der Waals surface area contributed by atoms with E-state index in [1.807, 2.05) is 30.8 Å². The molecule has 17 heavy (non-hydrogen) atoms. The fraction of sp³-hybridized carbons (Fsp3) is 0.538. The molecule has 1 aromatic carbocycles. The Morgan fingerprint density at radius 1 is 1.41 bits per heavy atom. The molecule has 0 bridgehead atoms. The van der Waals surface area contributed by atoms with E-state index in [0.717, 1.165) is 22.3 Å². The van der Waals surface area contributed by atoms with Crippen LogP contribution in [0, 0.1) is 11.7 Å².